The summed E-state index contributed by atoms with van der Waals surface area (Å²) in [5.74, 6) is -0.210. The summed E-state index contributed by atoms with van der Waals surface area (Å²) in [5.41, 5.74) is 8.12. The van der Waals surface area contributed by atoms with Gasteiger partial charge in [0.05, 0.1) is 0 Å². The van der Waals surface area contributed by atoms with Gasteiger partial charge in [0.2, 0.25) is 0 Å². The Balaban J connectivity index is 2.10. The van der Waals surface area contributed by atoms with Gasteiger partial charge in [0.25, 0.3) is 0 Å². The molecule has 1 heterocycles. The Labute approximate surface area is 125 Å². The smallest absolute Gasteiger partial charge is 0.123 e. The van der Waals surface area contributed by atoms with Gasteiger partial charge in [-0.1, -0.05) is 12.1 Å². The van der Waals surface area contributed by atoms with Crippen molar-refractivity contribution in [2.75, 3.05) is 13.6 Å². The van der Waals surface area contributed by atoms with Crippen LogP contribution in [0, 0.1) is 5.82 Å². The van der Waals surface area contributed by atoms with Crippen LogP contribution >= 0.6 is 0 Å². The normalized spacial score (nSPS) is 14.1. The van der Waals surface area contributed by atoms with Crippen LogP contribution in [0.2, 0.25) is 0 Å². The molecule has 0 aliphatic heterocycles. The SMILES string of the molecule is CN(Cc1ccncc1)C(C)(CN)Cc1ccc(F)cc1. The number of hydrogen-bond donors (Lipinski definition) is 1. The van der Waals surface area contributed by atoms with E-state index in [2.05, 4.69) is 23.9 Å². The van der Waals surface area contributed by atoms with E-state index in [1.807, 2.05) is 24.3 Å². The lowest BCUT2D eigenvalue weighted by Crippen LogP contribution is -2.50. The Kier molecular flexibility index (Phi) is 5.04. The zero-order valence-corrected chi connectivity index (χ0v) is 12.6. The summed E-state index contributed by atoms with van der Waals surface area (Å²) in [5, 5.41) is 0. The van der Waals surface area contributed by atoms with Crippen molar-refractivity contribution in [3.63, 3.8) is 0 Å². The zero-order valence-electron chi connectivity index (χ0n) is 12.6. The van der Waals surface area contributed by atoms with Crippen molar-refractivity contribution >= 4 is 0 Å². The predicted molar refractivity (Wildman–Crippen MR) is 83.3 cm³/mol. The first kappa shape index (κ1) is 15.6. The van der Waals surface area contributed by atoms with Crippen molar-refractivity contribution in [3.8, 4) is 0 Å². The number of halogens is 1. The summed E-state index contributed by atoms with van der Waals surface area (Å²) >= 11 is 0. The fourth-order valence-electron chi connectivity index (χ4n) is 2.36. The molecular weight excluding hydrogens is 265 g/mol. The molecule has 0 saturated carbocycles. The quantitative estimate of drug-likeness (QED) is 0.888. The largest absolute Gasteiger partial charge is 0.329 e. The molecule has 0 spiro atoms. The maximum atomic E-state index is 13.0. The summed E-state index contributed by atoms with van der Waals surface area (Å²) in [6, 6.07) is 10.6. The highest BCUT2D eigenvalue weighted by molar-refractivity contribution is 5.19. The lowest BCUT2D eigenvalue weighted by atomic mass is 9.91. The van der Waals surface area contributed by atoms with Crippen molar-refractivity contribution in [3.05, 3.63) is 65.7 Å². The van der Waals surface area contributed by atoms with E-state index < -0.39 is 0 Å². The van der Waals surface area contributed by atoms with Crippen LogP contribution in [0.15, 0.2) is 48.8 Å². The van der Waals surface area contributed by atoms with Crippen LogP contribution in [0.25, 0.3) is 0 Å². The minimum absolute atomic E-state index is 0.179. The zero-order chi connectivity index (χ0) is 15.3. The van der Waals surface area contributed by atoms with Gasteiger partial charge in [0, 0.05) is 31.0 Å². The fourth-order valence-corrected chi connectivity index (χ4v) is 2.36. The number of likely N-dealkylation sites (N-methyl/N-ethyl adjacent to an activating group) is 1. The Hall–Kier alpha value is -1.78. The van der Waals surface area contributed by atoms with Crippen LogP contribution in [0.1, 0.15) is 18.1 Å². The average molecular weight is 287 g/mol. The summed E-state index contributed by atoms with van der Waals surface area (Å²) in [6.07, 6.45) is 4.37. The standard InChI is InChI=1S/C17H22FN3/c1-17(13-19,11-14-3-5-16(18)6-4-14)21(2)12-15-7-9-20-10-8-15/h3-10H,11-13,19H2,1-2H3. The molecule has 1 unspecified atom stereocenters. The third kappa shape index (κ3) is 4.09. The van der Waals surface area contributed by atoms with Gasteiger partial charge in [0.1, 0.15) is 5.82 Å². The molecule has 0 aliphatic carbocycles. The van der Waals surface area contributed by atoms with Gasteiger partial charge >= 0.3 is 0 Å². The van der Waals surface area contributed by atoms with Crippen molar-refractivity contribution in [2.24, 2.45) is 5.73 Å². The molecule has 0 aliphatic rings. The third-order valence-corrected chi connectivity index (χ3v) is 4.03. The molecule has 0 radical (unpaired) electrons. The molecule has 2 rings (SSSR count). The number of nitrogens with two attached hydrogens (primary N) is 1. The summed E-state index contributed by atoms with van der Waals surface area (Å²) in [6.45, 7) is 3.47. The van der Waals surface area contributed by atoms with Crippen molar-refractivity contribution < 1.29 is 4.39 Å². The summed E-state index contributed by atoms with van der Waals surface area (Å²) < 4.78 is 13.0. The molecule has 0 bridgehead atoms. The molecular formula is C17H22FN3. The maximum absolute atomic E-state index is 13.0. The molecule has 3 nitrogen and oxygen atoms in total. The molecule has 0 saturated heterocycles. The lowest BCUT2D eigenvalue weighted by molar-refractivity contribution is 0.136. The Bertz CT molecular complexity index is 556. The number of pyridine rings is 1. The topological polar surface area (TPSA) is 42.2 Å². The predicted octanol–water partition coefficient (Wildman–Crippen LogP) is 2.61. The van der Waals surface area contributed by atoms with Crippen LogP contribution < -0.4 is 5.73 Å². The van der Waals surface area contributed by atoms with Crippen LogP contribution in [0.5, 0.6) is 0 Å². The molecule has 2 aromatic rings. The van der Waals surface area contributed by atoms with Crippen LogP contribution in [-0.4, -0.2) is 29.0 Å². The van der Waals surface area contributed by atoms with Gasteiger partial charge in [-0.2, -0.15) is 0 Å². The van der Waals surface area contributed by atoms with E-state index in [1.165, 1.54) is 17.7 Å². The van der Waals surface area contributed by atoms with E-state index in [9.17, 15) is 4.39 Å². The summed E-state index contributed by atoms with van der Waals surface area (Å²) in [7, 11) is 2.07. The molecule has 0 fully saturated rings. The number of nitrogens with zero attached hydrogens (tertiary/aromatic N) is 2. The van der Waals surface area contributed by atoms with E-state index in [-0.39, 0.29) is 11.4 Å². The molecule has 1 aromatic heterocycles. The number of rotatable bonds is 6. The second-order valence-corrected chi connectivity index (χ2v) is 5.72. The van der Waals surface area contributed by atoms with E-state index in [1.54, 1.807) is 12.4 Å². The number of benzene rings is 1. The Morgan fingerprint density at radius 1 is 1.10 bits per heavy atom. The van der Waals surface area contributed by atoms with Gasteiger partial charge in [-0.3, -0.25) is 9.88 Å². The Morgan fingerprint density at radius 2 is 1.71 bits per heavy atom. The number of hydrogen-bond acceptors (Lipinski definition) is 3. The molecule has 112 valence electrons. The van der Waals surface area contributed by atoms with Gasteiger partial charge in [0.15, 0.2) is 0 Å². The van der Waals surface area contributed by atoms with E-state index in [0.29, 0.717) is 6.54 Å². The first-order valence-corrected chi connectivity index (χ1v) is 7.08. The highest BCUT2D eigenvalue weighted by atomic mass is 19.1. The van der Waals surface area contributed by atoms with Crippen molar-refractivity contribution in [2.45, 2.75) is 25.4 Å². The highest BCUT2D eigenvalue weighted by Gasteiger charge is 2.28. The van der Waals surface area contributed by atoms with E-state index in [0.717, 1.165) is 18.5 Å². The highest BCUT2D eigenvalue weighted by Crippen LogP contribution is 2.21. The third-order valence-electron chi connectivity index (χ3n) is 4.03. The Morgan fingerprint density at radius 3 is 2.29 bits per heavy atom. The fraction of sp³-hybridized carbons (Fsp3) is 0.353. The average Bonchev–Trinajstić information content (AvgIpc) is 2.50. The lowest BCUT2D eigenvalue weighted by Gasteiger charge is -2.38. The van der Waals surface area contributed by atoms with Crippen LogP contribution in [0.4, 0.5) is 4.39 Å². The monoisotopic (exact) mass is 287 g/mol. The summed E-state index contributed by atoms with van der Waals surface area (Å²) in [4.78, 5) is 6.27. The van der Waals surface area contributed by atoms with Gasteiger partial charge in [-0.25, -0.2) is 4.39 Å². The molecule has 1 atom stereocenters. The first-order chi connectivity index (χ1) is 10.0. The van der Waals surface area contributed by atoms with E-state index >= 15 is 0 Å². The van der Waals surface area contributed by atoms with Gasteiger partial charge in [-0.15, -0.1) is 0 Å². The molecule has 21 heavy (non-hydrogen) atoms. The van der Waals surface area contributed by atoms with Crippen molar-refractivity contribution in [1.29, 1.82) is 0 Å². The van der Waals surface area contributed by atoms with E-state index in [4.69, 9.17) is 5.73 Å². The maximum Gasteiger partial charge on any atom is 0.123 e. The number of aromatic nitrogens is 1. The first-order valence-electron chi connectivity index (χ1n) is 7.08. The minimum atomic E-state index is -0.210. The van der Waals surface area contributed by atoms with Gasteiger partial charge in [-0.05, 0) is 55.8 Å². The molecule has 2 N–H and O–H groups in total. The molecule has 0 amide bonds. The second kappa shape index (κ2) is 6.78. The van der Waals surface area contributed by atoms with Crippen LogP contribution in [0.3, 0.4) is 0 Å². The minimum Gasteiger partial charge on any atom is -0.329 e. The van der Waals surface area contributed by atoms with Crippen molar-refractivity contribution in [1.82, 2.24) is 9.88 Å². The molecule has 1 aromatic carbocycles. The second-order valence-electron chi connectivity index (χ2n) is 5.72. The van der Waals surface area contributed by atoms with Gasteiger partial charge < -0.3 is 5.73 Å². The molecule has 4 heteroatoms. The van der Waals surface area contributed by atoms with Crippen LogP contribution in [-0.2, 0) is 13.0 Å².